The molecule has 0 aromatic carbocycles. The van der Waals surface area contributed by atoms with Crippen LogP contribution >= 0.6 is 35.3 Å². The number of hydrogen-bond acceptors (Lipinski definition) is 4. The van der Waals surface area contributed by atoms with Gasteiger partial charge in [-0.2, -0.15) is 0 Å². The quantitative estimate of drug-likeness (QED) is 0.254. The van der Waals surface area contributed by atoms with Crippen LogP contribution in [0.4, 0.5) is 0 Å². The van der Waals surface area contributed by atoms with E-state index in [4.69, 9.17) is 4.74 Å². The zero-order valence-corrected chi connectivity index (χ0v) is 17.0. The summed E-state index contributed by atoms with van der Waals surface area (Å²) in [5.41, 5.74) is 1.16. The van der Waals surface area contributed by atoms with E-state index in [2.05, 4.69) is 32.9 Å². The fourth-order valence-corrected chi connectivity index (χ4v) is 2.62. The van der Waals surface area contributed by atoms with Crippen LogP contribution < -0.4 is 10.6 Å². The van der Waals surface area contributed by atoms with Gasteiger partial charge in [0.1, 0.15) is 0 Å². The Hall–Kier alpha value is -0.410. The minimum atomic E-state index is 0. The highest BCUT2D eigenvalue weighted by Crippen LogP contribution is 2.10. The second-order valence-corrected chi connectivity index (χ2v) is 5.61. The van der Waals surface area contributed by atoms with E-state index in [9.17, 15) is 0 Å². The van der Waals surface area contributed by atoms with Crippen molar-refractivity contribution in [2.75, 3.05) is 33.4 Å². The zero-order chi connectivity index (χ0) is 15.3. The van der Waals surface area contributed by atoms with Crippen molar-refractivity contribution in [1.82, 2.24) is 15.6 Å². The van der Waals surface area contributed by atoms with Crippen molar-refractivity contribution in [3.8, 4) is 0 Å². The summed E-state index contributed by atoms with van der Waals surface area (Å²) in [6.45, 7) is 7.57. The normalized spacial score (nSPS) is 11.1. The lowest BCUT2D eigenvalue weighted by Gasteiger charge is -2.11. The lowest BCUT2D eigenvalue weighted by Crippen LogP contribution is -2.38. The van der Waals surface area contributed by atoms with E-state index in [-0.39, 0.29) is 24.0 Å². The Kier molecular flexibility index (Phi) is 13.9. The molecule has 0 saturated carbocycles. The molecule has 0 fully saturated rings. The Morgan fingerprint density at radius 3 is 2.68 bits per heavy atom. The van der Waals surface area contributed by atoms with Crippen molar-refractivity contribution < 1.29 is 4.74 Å². The molecular formula is C15H29IN4OS. The van der Waals surface area contributed by atoms with Gasteiger partial charge in [-0.3, -0.25) is 4.99 Å². The number of hydrogen-bond donors (Lipinski definition) is 2. The highest BCUT2D eigenvalue weighted by Gasteiger charge is 2.01. The lowest BCUT2D eigenvalue weighted by atomic mass is 10.3. The monoisotopic (exact) mass is 440 g/mol. The molecule has 0 atom stereocenters. The van der Waals surface area contributed by atoms with Crippen LogP contribution in [0.25, 0.3) is 0 Å². The first-order valence-corrected chi connectivity index (χ1v) is 8.63. The highest BCUT2D eigenvalue weighted by molar-refractivity contribution is 14.0. The molecule has 1 aromatic rings. The van der Waals surface area contributed by atoms with Crippen molar-refractivity contribution in [2.45, 2.75) is 39.5 Å². The molecule has 0 spiro atoms. The molecule has 0 unspecified atom stereocenters. The maximum absolute atomic E-state index is 5.31. The van der Waals surface area contributed by atoms with Crippen LogP contribution in [0.15, 0.2) is 10.4 Å². The molecule has 2 N–H and O–H groups in total. The molecule has 1 aromatic heterocycles. The topological polar surface area (TPSA) is 58.5 Å². The smallest absolute Gasteiger partial charge is 0.190 e. The number of aliphatic imine (C=N–C) groups is 1. The first-order valence-electron chi connectivity index (χ1n) is 7.75. The number of unbranched alkanes of at least 4 members (excludes halogenated alkanes) is 1. The number of rotatable bonds is 10. The second kappa shape index (κ2) is 14.2. The van der Waals surface area contributed by atoms with Crippen molar-refractivity contribution >= 4 is 41.3 Å². The maximum Gasteiger partial charge on any atom is 0.190 e. The number of ether oxygens (including phenoxy) is 1. The number of aryl methyl sites for hydroxylation is 1. The number of guanidine groups is 1. The van der Waals surface area contributed by atoms with Gasteiger partial charge in [-0.1, -0.05) is 6.92 Å². The standard InChI is InChI=1S/C15H28N4OS.HI/c1-4-14-19-13(12-21-14)8-10-18-15(16-3)17-9-6-7-11-20-5-2;/h12H,4-11H2,1-3H3,(H2,16,17,18);1H. The number of nitrogens with one attached hydrogen (secondary N) is 2. The second-order valence-electron chi connectivity index (χ2n) is 4.67. The van der Waals surface area contributed by atoms with E-state index in [1.165, 1.54) is 5.01 Å². The molecule has 1 rings (SSSR count). The molecule has 1 heterocycles. The Bertz CT molecular complexity index is 412. The van der Waals surface area contributed by atoms with Crippen LogP contribution in [-0.4, -0.2) is 44.3 Å². The number of aromatic nitrogens is 1. The minimum absolute atomic E-state index is 0. The van der Waals surface area contributed by atoms with Gasteiger partial charge < -0.3 is 15.4 Å². The molecule has 0 radical (unpaired) electrons. The van der Waals surface area contributed by atoms with Gasteiger partial charge in [0.25, 0.3) is 0 Å². The number of halogens is 1. The van der Waals surface area contributed by atoms with E-state index < -0.39 is 0 Å². The van der Waals surface area contributed by atoms with E-state index >= 15 is 0 Å². The summed E-state index contributed by atoms with van der Waals surface area (Å²) >= 11 is 1.74. The summed E-state index contributed by atoms with van der Waals surface area (Å²) < 4.78 is 5.31. The molecule has 0 bridgehead atoms. The predicted molar refractivity (Wildman–Crippen MR) is 106 cm³/mol. The molecule has 0 aliphatic carbocycles. The first-order chi connectivity index (χ1) is 10.3. The fraction of sp³-hybridized carbons (Fsp3) is 0.733. The van der Waals surface area contributed by atoms with E-state index in [1.807, 2.05) is 6.92 Å². The van der Waals surface area contributed by atoms with Crippen molar-refractivity contribution in [3.05, 3.63) is 16.1 Å². The molecule has 0 saturated heterocycles. The van der Waals surface area contributed by atoms with Gasteiger partial charge in [0, 0.05) is 45.2 Å². The van der Waals surface area contributed by atoms with Crippen LogP contribution in [0.5, 0.6) is 0 Å². The average molecular weight is 440 g/mol. The van der Waals surface area contributed by atoms with Gasteiger partial charge in [0.2, 0.25) is 0 Å². The highest BCUT2D eigenvalue weighted by atomic mass is 127. The van der Waals surface area contributed by atoms with E-state index in [1.54, 1.807) is 18.4 Å². The lowest BCUT2D eigenvalue weighted by molar-refractivity contribution is 0.143. The van der Waals surface area contributed by atoms with Gasteiger partial charge in [-0.15, -0.1) is 35.3 Å². The van der Waals surface area contributed by atoms with Gasteiger partial charge in [-0.05, 0) is 26.2 Å². The van der Waals surface area contributed by atoms with Crippen LogP contribution in [0.3, 0.4) is 0 Å². The van der Waals surface area contributed by atoms with Crippen molar-refractivity contribution in [1.29, 1.82) is 0 Å². The minimum Gasteiger partial charge on any atom is -0.382 e. The van der Waals surface area contributed by atoms with Gasteiger partial charge in [-0.25, -0.2) is 4.98 Å². The Morgan fingerprint density at radius 1 is 1.27 bits per heavy atom. The largest absolute Gasteiger partial charge is 0.382 e. The fourth-order valence-electron chi connectivity index (χ4n) is 1.84. The Morgan fingerprint density at radius 2 is 2.05 bits per heavy atom. The SMILES string of the molecule is CCOCCCCNC(=NC)NCCc1csc(CC)n1.I. The van der Waals surface area contributed by atoms with Crippen LogP contribution in [0.2, 0.25) is 0 Å². The third-order valence-electron chi connectivity index (χ3n) is 3.01. The molecule has 0 amide bonds. The van der Waals surface area contributed by atoms with Crippen molar-refractivity contribution in [3.63, 3.8) is 0 Å². The Balaban J connectivity index is 0.00000441. The molecule has 0 aliphatic rings. The van der Waals surface area contributed by atoms with E-state index in [0.717, 1.165) is 63.6 Å². The maximum atomic E-state index is 5.31. The third-order valence-corrected chi connectivity index (χ3v) is 4.05. The van der Waals surface area contributed by atoms with Gasteiger partial charge >= 0.3 is 0 Å². The molecule has 5 nitrogen and oxygen atoms in total. The molecule has 128 valence electrons. The summed E-state index contributed by atoms with van der Waals surface area (Å²) in [5.74, 6) is 0.859. The number of nitrogens with zero attached hydrogens (tertiary/aromatic N) is 2. The average Bonchev–Trinajstić information content (AvgIpc) is 2.97. The molecule has 22 heavy (non-hydrogen) atoms. The predicted octanol–water partition coefficient (Wildman–Crippen LogP) is 2.85. The summed E-state index contributed by atoms with van der Waals surface area (Å²) in [4.78, 5) is 8.78. The summed E-state index contributed by atoms with van der Waals surface area (Å²) in [6, 6.07) is 0. The summed E-state index contributed by atoms with van der Waals surface area (Å²) in [5, 5.41) is 9.99. The van der Waals surface area contributed by atoms with Crippen LogP contribution in [0, 0.1) is 0 Å². The first kappa shape index (κ1) is 21.6. The number of thiazole rings is 1. The molecule has 7 heteroatoms. The molecule has 0 aliphatic heterocycles. The third kappa shape index (κ3) is 9.58. The summed E-state index contributed by atoms with van der Waals surface area (Å²) in [7, 11) is 1.80. The zero-order valence-electron chi connectivity index (χ0n) is 13.9. The van der Waals surface area contributed by atoms with Crippen LogP contribution in [-0.2, 0) is 17.6 Å². The molecular weight excluding hydrogens is 411 g/mol. The summed E-state index contributed by atoms with van der Waals surface area (Å²) in [6.07, 6.45) is 4.12. The van der Waals surface area contributed by atoms with E-state index in [0.29, 0.717) is 0 Å². The van der Waals surface area contributed by atoms with Gasteiger partial charge in [0.15, 0.2) is 5.96 Å². The van der Waals surface area contributed by atoms with Crippen molar-refractivity contribution in [2.24, 2.45) is 4.99 Å². The van der Waals surface area contributed by atoms with Gasteiger partial charge in [0.05, 0.1) is 10.7 Å². The Labute approximate surface area is 155 Å². The van der Waals surface area contributed by atoms with Crippen LogP contribution in [0.1, 0.15) is 37.4 Å².